The molecule has 0 saturated carbocycles. The highest BCUT2D eigenvalue weighted by molar-refractivity contribution is 5.55. The van der Waals surface area contributed by atoms with Crippen molar-refractivity contribution in [3.05, 3.63) is 63.7 Å². The zero-order chi connectivity index (χ0) is 21.7. The third kappa shape index (κ3) is 5.19. The summed E-state index contributed by atoms with van der Waals surface area (Å²) in [5.41, 5.74) is -1.10. The van der Waals surface area contributed by atoms with Gasteiger partial charge in [-0.2, -0.15) is 13.2 Å². The molecule has 1 unspecified atom stereocenters. The van der Waals surface area contributed by atoms with E-state index in [2.05, 4.69) is 10.2 Å². The number of hydrogen-bond donors (Lipinski definition) is 1. The SMILES string of the molecule is COc1ccc(C(CNc2ccc([N+](=O)[O-])c(C(F)(F)F)c2)N2CCOCC2)cc1. The van der Waals surface area contributed by atoms with E-state index in [-0.39, 0.29) is 11.7 Å². The Labute approximate surface area is 171 Å². The lowest BCUT2D eigenvalue weighted by atomic mass is 10.0. The van der Waals surface area contributed by atoms with Crippen LogP contribution in [-0.4, -0.2) is 49.8 Å². The van der Waals surface area contributed by atoms with Crippen molar-refractivity contribution in [2.24, 2.45) is 0 Å². The van der Waals surface area contributed by atoms with Gasteiger partial charge in [-0.3, -0.25) is 15.0 Å². The predicted molar refractivity (Wildman–Crippen MR) is 105 cm³/mol. The molecule has 0 aliphatic carbocycles. The number of anilines is 1. The fraction of sp³-hybridized carbons (Fsp3) is 0.400. The van der Waals surface area contributed by atoms with Gasteiger partial charge >= 0.3 is 6.18 Å². The topological polar surface area (TPSA) is 76.9 Å². The monoisotopic (exact) mass is 425 g/mol. The van der Waals surface area contributed by atoms with Crippen molar-refractivity contribution in [3.63, 3.8) is 0 Å². The number of rotatable bonds is 7. The summed E-state index contributed by atoms with van der Waals surface area (Å²) in [7, 11) is 1.57. The maximum atomic E-state index is 13.2. The maximum absolute atomic E-state index is 13.2. The van der Waals surface area contributed by atoms with E-state index in [1.54, 1.807) is 7.11 Å². The van der Waals surface area contributed by atoms with Crippen LogP contribution in [0.25, 0.3) is 0 Å². The number of methoxy groups -OCH3 is 1. The molecule has 2 aromatic carbocycles. The fourth-order valence-corrected chi connectivity index (χ4v) is 3.42. The van der Waals surface area contributed by atoms with Crippen LogP contribution in [0, 0.1) is 10.1 Å². The number of morpholine rings is 1. The Hall–Kier alpha value is -2.85. The average Bonchev–Trinajstić information content (AvgIpc) is 2.74. The van der Waals surface area contributed by atoms with E-state index >= 15 is 0 Å². The van der Waals surface area contributed by atoms with Gasteiger partial charge in [0.05, 0.1) is 31.3 Å². The van der Waals surface area contributed by atoms with Gasteiger partial charge in [0.15, 0.2) is 0 Å². The fourth-order valence-electron chi connectivity index (χ4n) is 3.42. The number of ether oxygens (including phenoxy) is 2. The van der Waals surface area contributed by atoms with Gasteiger partial charge in [0, 0.05) is 31.4 Å². The van der Waals surface area contributed by atoms with E-state index < -0.39 is 22.4 Å². The first-order valence-corrected chi connectivity index (χ1v) is 9.35. The van der Waals surface area contributed by atoms with E-state index in [1.807, 2.05) is 24.3 Å². The third-order valence-corrected chi connectivity index (χ3v) is 4.99. The number of benzene rings is 2. The van der Waals surface area contributed by atoms with Crippen LogP contribution in [0.1, 0.15) is 17.2 Å². The molecule has 1 aliphatic heterocycles. The lowest BCUT2D eigenvalue weighted by Gasteiger charge is -2.35. The molecule has 162 valence electrons. The zero-order valence-electron chi connectivity index (χ0n) is 16.3. The molecule has 30 heavy (non-hydrogen) atoms. The average molecular weight is 425 g/mol. The van der Waals surface area contributed by atoms with E-state index in [1.165, 1.54) is 6.07 Å². The second-order valence-corrected chi connectivity index (χ2v) is 6.80. The summed E-state index contributed by atoms with van der Waals surface area (Å²) >= 11 is 0. The molecule has 7 nitrogen and oxygen atoms in total. The standard InChI is InChI=1S/C20H22F3N3O4/c1-29-16-5-2-14(3-6-16)19(25-8-10-30-11-9-25)13-24-15-4-7-18(26(27)28)17(12-15)20(21,22)23/h2-7,12,19,24H,8-11,13H2,1H3. The van der Waals surface area contributed by atoms with Crippen LogP contribution >= 0.6 is 0 Å². The second kappa shape index (κ2) is 9.31. The van der Waals surface area contributed by atoms with E-state index in [9.17, 15) is 23.3 Å². The summed E-state index contributed by atoms with van der Waals surface area (Å²) in [5, 5.41) is 14.0. The van der Waals surface area contributed by atoms with Crippen LogP contribution in [0.2, 0.25) is 0 Å². The first-order chi connectivity index (χ1) is 14.3. The number of halogens is 3. The Kier molecular flexibility index (Phi) is 6.78. The van der Waals surface area contributed by atoms with Gasteiger partial charge in [0.25, 0.3) is 5.69 Å². The molecule has 0 aromatic heterocycles. The van der Waals surface area contributed by atoms with Gasteiger partial charge in [-0.1, -0.05) is 12.1 Å². The molecule has 0 amide bonds. The third-order valence-electron chi connectivity index (χ3n) is 4.99. The van der Waals surface area contributed by atoms with Crippen LogP contribution in [0.5, 0.6) is 5.75 Å². The summed E-state index contributed by atoms with van der Waals surface area (Å²) in [6, 6.07) is 10.3. The second-order valence-electron chi connectivity index (χ2n) is 6.80. The van der Waals surface area contributed by atoms with E-state index in [0.717, 1.165) is 17.7 Å². The van der Waals surface area contributed by atoms with Gasteiger partial charge in [0.2, 0.25) is 0 Å². The molecule has 10 heteroatoms. The molecule has 3 rings (SSSR count). The van der Waals surface area contributed by atoms with E-state index in [4.69, 9.17) is 9.47 Å². The summed E-state index contributed by atoms with van der Waals surface area (Å²) in [5.74, 6) is 0.706. The zero-order valence-corrected chi connectivity index (χ0v) is 16.3. The number of hydrogen-bond acceptors (Lipinski definition) is 6. The largest absolute Gasteiger partial charge is 0.497 e. The number of alkyl halides is 3. The number of nitrogens with zero attached hydrogens (tertiary/aromatic N) is 2. The molecule has 0 radical (unpaired) electrons. The Morgan fingerprint density at radius 3 is 2.43 bits per heavy atom. The van der Waals surface area contributed by atoms with Crippen LogP contribution in [-0.2, 0) is 10.9 Å². The summed E-state index contributed by atoms with van der Waals surface area (Å²) in [4.78, 5) is 12.1. The lowest BCUT2D eigenvalue weighted by molar-refractivity contribution is -0.388. The lowest BCUT2D eigenvalue weighted by Crippen LogP contribution is -2.41. The highest BCUT2D eigenvalue weighted by Crippen LogP contribution is 2.37. The van der Waals surface area contributed by atoms with Crippen LogP contribution < -0.4 is 10.1 Å². The van der Waals surface area contributed by atoms with Gasteiger partial charge < -0.3 is 14.8 Å². The highest BCUT2D eigenvalue weighted by Gasteiger charge is 2.38. The van der Waals surface area contributed by atoms with E-state index in [0.29, 0.717) is 38.6 Å². The van der Waals surface area contributed by atoms with Crippen molar-refractivity contribution in [1.29, 1.82) is 0 Å². The molecule has 0 bridgehead atoms. The number of nitrogens with one attached hydrogen (secondary N) is 1. The van der Waals surface area contributed by atoms with Crippen molar-refractivity contribution in [2.75, 3.05) is 45.3 Å². The molecule has 1 heterocycles. The normalized spacial score (nSPS) is 16.1. The Morgan fingerprint density at radius 2 is 1.87 bits per heavy atom. The number of nitro groups is 1. The van der Waals surface area contributed by atoms with Gasteiger partial charge in [-0.05, 0) is 29.8 Å². The molecule has 1 saturated heterocycles. The van der Waals surface area contributed by atoms with Gasteiger partial charge in [-0.15, -0.1) is 0 Å². The molecular formula is C20H22F3N3O4. The minimum Gasteiger partial charge on any atom is -0.497 e. The first kappa shape index (κ1) is 21.8. The Morgan fingerprint density at radius 1 is 1.20 bits per heavy atom. The van der Waals surface area contributed by atoms with Gasteiger partial charge in [-0.25, -0.2) is 0 Å². The molecule has 1 atom stereocenters. The Bertz CT molecular complexity index is 869. The van der Waals surface area contributed by atoms with Gasteiger partial charge in [0.1, 0.15) is 11.3 Å². The predicted octanol–water partition coefficient (Wildman–Crippen LogP) is 4.11. The van der Waals surface area contributed by atoms with Crippen LogP contribution in [0.4, 0.5) is 24.5 Å². The van der Waals surface area contributed by atoms with Crippen LogP contribution in [0.15, 0.2) is 42.5 Å². The van der Waals surface area contributed by atoms with Crippen molar-refractivity contribution in [3.8, 4) is 5.75 Å². The Balaban J connectivity index is 1.83. The number of nitro benzene ring substituents is 1. The molecule has 1 aliphatic rings. The highest BCUT2D eigenvalue weighted by atomic mass is 19.4. The summed E-state index contributed by atoms with van der Waals surface area (Å²) < 4.78 is 50.3. The van der Waals surface area contributed by atoms with Crippen molar-refractivity contribution in [2.45, 2.75) is 12.2 Å². The summed E-state index contributed by atoms with van der Waals surface area (Å²) in [6.07, 6.45) is -4.82. The maximum Gasteiger partial charge on any atom is 0.423 e. The molecule has 1 N–H and O–H groups in total. The summed E-state index contributed by atoms with van der Waals surface area (Å²) in [6.45, 7) is 2.84. The van der Waals surface area contributed by atoms with Crippen LogP contribution in [0.3, 0.4) is 0 Å². The molecular weight excluding hydrogens is 403 g/mol. The van der Waals surface area contributed by atoms with Crippen molar-refractivity contribution < 1.29 is 27.6 Å². The smallest absolute Gasteiger partial charge is 0.423 e. The first-order valence-electron chi connectivity index (χ1n) is 9.35. The van der Waals surface area contributed by atoms with Crippen molar-refractivity contribution in [1.82, 2.24) is 4.90 Å². The minimum atomic E-state index is -4.82. The van der Waals surface area contributed by atoms with Crippen molar-refractivity contribution >= 4 is 11.4 Å². The molecule has 2 aromatic rings. The molecule has 1 fully saturated rings. The minimum absolute atomic E-state index is 0.121. The quantitative estimate of drug-likeness (QED) is 0.532. The molecule has 0 spiro atoms.